The maximum Gasteiger partial charge on any atom is 0.305 e. The number of nitrogens with zero attached hydrogens (tertiary/aromatic N) is 1. The van der Waals surface area contributed by atoms with Crippen LogP contribution in [0.4, 0.5) is 10.1 Å². The van der Waals surface area contributed by atoms with E-state index in [2.05, 4.69) is 5.32 Å². The van der Waals surface area contributed by atoms with Gasteiger partial charge in [-0.05, 0) is 83.4 Å². The SMILES string of the molecule is COCc1ccc2c(c1)CCN(C(=O)C1CC(CC(=O)OC)C1)C2C(=O)Nc1cc(F)c2c(c1)CCC2(C)C. The zero-order valence-electron chi connectivity index (χ0n) is 23.1. The largest absolute Gasteiger partial charge is 0.469 e. The molecule has 1 atom stereocenters. The maximum atomic E-state index is 15.2. The number of halogens is 1. The predicted octanol–water partition coefficient (Wildman–Crippen LogP) is 4.85. The highest BCUT2D eigenvalue weighted by Gasteiger charge is 2.43. The standard InChI is InChI=1S/C31H37FN2O5/c1-31(2)9-7-21-15-23(16-25(32)27(21)31)33-29(36)28-24-6-5-18(17-38-3)11-20(24)8-10-34(28)30(37)22-12-19(13-22)14-26(35)39-4/h5-6,11,15-16,19,22,28H,7-10,12-14,17H2,1-4H3,(H,33,36). The number of rotatable bonds is 7. The van der Waals surface area contributed by atoms with Crippen LogP contribution in [0.3, 0.4) is 0 Å². The summed E-state index contributed by atoms with van der Waals surface area (Å²) >= 11 is 0. The second-order valence-corrected chi connectivity index (χ2v) is 11.8. The molecule has 0 saturated heterocycles. The molecule has 1 unspecified atom stereocenters. The lowest BCUT2D eigenvalue weighted by Gasteiger charge is -2.42. The monoisotopic (exact) mass is 536 g/mol. The van der Waals surface area contributed by atoms with Crippen molar-refractivity contribution < 1.29 is 28.2 Å². The minimum Gasteiger partial charge on any atom is -0.469 e. The maximum absolute atomic E-state index is 15.2. The van der Waals surface area contributed by atoms with Gasteiger partial charge in [-0.3, -0.25) is 14.4 Å². The third-order valence-corrected chi connectivity index (χ3v) is 8.68. The number of aryl methyl sites for hydroxylation is 1. The zero-order valence-corrected chi connectivity index (χ0v) is 23.1. The molecule has 8 heteroatoms. The molecule has 1 fully saturated rings. The summed E-state index contributed by atoms with van der Waals surface area (Å²) in [5, 5.41) is 2.93. The van der Waals surface area contributed by atoms with Gasteiger partial charge in [-0.25, -0.2) is 4.39 Å². The molecule has 39 heavy (non-hydrogen) atoms. The Morgan fingerprint density at radius 2 is 1.85 bits per heavy atom. The molecule has 0 aromatic heterocycles. The smallest absolute Gasteiger partial charge is 0.305 e. The molecule has 2 aliphatic carbocycles. The van der Waals surface area contributed by atoms with E-state index in [1.54, 1.807) is 12.0 Å². The van der Waals surface area contributed by atoms with Gasteiger partial charge in [0.05, 0.1) is 13.7 Å². The first kappa shape index (κ1) is 27.3. The van der Waals surface area contributed by atoms with Crippen molar-refractivity contribution >= 4 is 23.5 Å². The minimum atomic E-state index is -0.828. The summed E-state index contributed by atoms with van der Waals surface area (Å²) in [7, 11) is 3.00. The van der Waals surface area contributed by atoms with Gasteiger partial charge in [-0.2, -0.15) is 0 Å². The second-order valence-electron chi connectivity index (χ2n) is 11.8. The highest BCUT2D eigenvalue weighted by atomic mass is 19.1. The number of benzene rings is 2. The van der Waals surface area contributed by atoms with Crippen molar-refractivity contribution in [3.63, 3.8) is 0 Å². The van der Waals surface area contributed by atoms with E-state index in [-0.39, 0.29) is 40.9 Å². The van der Waals surface area contributed by atoms with Gasteiger partial charge in [0.2, 0.25) is 5.91 Å². The van der Waals surface area contributed by atoms with Crippen LogP contribution in [-0.4, -0.2) is 43.4 Å². The van der Waals surface area contributed by atoms with E-state index in [1.165, 1.54) is 13.2 Å². The van der Waals surface area contributed by atoms with E-state index in [0.717, 1.165) is 40.7 Å². The lowest BCUT2D eigenvalue weighted by Crippen LogP contribution is -2.50. The summed E-state index contributed by atoms with van der Waals surface area (Å²) in [6.07, 6.45) is 3.75. The van der Waals surface area contributed by atoms with E-state index in [1.807, 2.05) is 38.1 Å². The summed E-state index contributed by atoms with van der Waals surface area (Å²) < 4.78 is 25.2. The first-order valence-corrected chi connectivity index (χ1v) is 13.7. The molecule has 208 valence electrons. The summed E-state index contributed by atoms with van der Waals surface area (Å²) in [4.78, 5) is 40.8. The number of anilines is 1. The number of fused-ring (bicyclic) bond motifs is 2. The van der Waals surface area contributed by atoms with Crippen LogP contribution in [0.15, 0.2) is 30.3 Å². The molecular weight excluding hydrogens is 499 g/mol. The number of ether oxygens (including phenoxy) is 2. The third-order valence-electron chi connectivity index (χ3n) is 8.68. The number of nitrogens with one attached hydrogen (secondary N) is 1. The fourth-order valence-corrected chi connectivity index (χ4v) is 6.59. The van der Waals surface area contributed by atoms with Crippen LogP contribution in [-0.2, 0) is 48.7 Å². The molecule has 1 saturated carbocycles. The Balaban J connectivity index is 1.40. The number of esters is 1. The van der Waals surface area contributed by atoms with E-state index >= 15 is 4.39 Å². The van der Waals surface area contributed by atoms with E-state index < -0.39 is 6.04 Å². The summed E-state index contributed by atoms with van der Waals surface area (Å²) in [6.45, 7) is 4.94. The van der Waals surface area contributed by atoms with Crippen molar-refractivity contribution in [3.8, 4) is 0 Å². The van der Waals surface area contributed by atoms with E-state index in [0.29, 0.717) is 44.5 Å². The molecule has 0 radical (unpaired) electrons. The average molecular weight is 537 g/mol. The van der Waals surface area contributed by atoms with Gasteiger partial charge < -0.3 is 19.7 Å². The third kappa shape index (κ3) is 5.31. The number of carbonyl (C=O) groups excluding carboxylic acids is 3. The van der Waals surface area contributed by atoms with Gasteiger partial charge in [0.15, 0.2) is 0 Å². The van der Waals surface area contributed by atoms with E-state index in [9.17, 15) is 14.4 Å². The molecular formula is C31H37FN2O5. The Morgan fingerprint density at radius 3 is 2.56 bits per heavy atom. The van der Waals surface area contributed by atoms with Gasteiger partial charge in [0.25, 0.3) is 5.91 Å². The quantitative estimate of drug-likeness (QED) is 0.512. The lowest BCUT2D eigenvalue weighted by atomic mass is 9.72. The molecule has 1 heterocycles. The Labute approximate surface area is 229 Å². The van der Waals surface area contributed by atoms with Crippen LogP contribution in [0.25, 0.3) is 0 Å². The minimum absolute atomic E-state index is 0.0789. The van der Waals surface area contributed by atoms with Crippen molar-refractivity contribution in [2.24, 2.45) is 11.8 Å². The van der Waals surface area contributed by atoms with E-state index in [4.69, 9.17) is 9.47 Å². The molecule has 3 aliphatic rings. The first-order chi connectivity index (χ1) is 18.6. The molecule has 1 N–H and O–H groups in total. The van der Waals surface area contributed by atoms with Crippen molar-refractivity contribution in [2.45, 2.75) is 70.4 Å². The van der Waals surface area contributed by atoms with Gasteiger partial charge in [0.1, 0.15) is 11.9 Å². The highest BCUT2D eigenvalue weighted by Crippen LogP contribution is 2.43. The molecule has 0 bridgehead atoms. The fourth-order valence-electron chi connectivity index (χ4n) is 6.59. The van der Waals surface area contributed by atoms with Crippen molar-refractivity contribution in [1.82, 2.24) is 4.90 Å². The van der Waals surface area contributed by atoms with Crippen LogP contribution in [0.1, 0.15) is 73.4 Å². The van der Waals surface area contributed by atoms with Gasteiger partial charge >= 0.3 is 5.97 Å². The molecule has 5 rings (SSSR count). The zero-order chi connectivity index (χ0) is 27.9. The molecule has 2 aromatic rings. The normalized spacial score (nSPS) is 22.9. The molecule has 0 spiro atoms. The molecule has 7 nitrogen and oxygen atoms in total. The van der Waals surface area contributed by atoms with Crippen molar-refractivity contribution in [1.29, 1.82) is 0 Å². The number of methoxy groups -OCH3 is 2. The summed E-state index contributed by atoms with van der Waals surface area (Å²) in [5.41, 5.74) is 4.60. The molecule has 2 amide bonds. The molecule has 1 aliphatic heterocycles. The Morgan fingerprint density at radius 1 is 1.08 bits per heavy atom. The van der Waals surface area contributed by atoms with Crippen LogP contribution in [0.2, 0.25) is 0 Å². The fraction of sp³-hybridized carbons (Fsp3) is 0.516. The van der Waals surface area contributed by atoms with Gasteiger partial charge in [-0.15, -0.1) is 0 Å². The van der Waals surface area contributed by atoms with Crippen LogP contribution in [0.5, 0.6) is 0 Å². The highest BCUT2D eigenvalue weighted by molar-refractivity contribution is 5.99. The van der Waals surface area contributed by atoms with Gasteiger partial charge in [-0.1, -0.05) is 32.0 Å². The number of amides is 2. The summed E-state index contributed by atoms with van der Waals surface area (Å²) in [5.74, 6) is -1.13. The Kier molecular flexibility index (Phi) is 7.51. The van der Waals surface area contributed by atoms with Crippen LogP contribution in [0, 0.1) is 17.7 Å². The van der Waals surface area contributed by atoms with Crippen molar-refractivity contribution in [2.75, 3.05) is 26.1 Å². The number of carbonyl (C=O) groups is 3. The first-order valence-electron chi connectivity index (χ1n) is 13.7. The van der Waals surface area contributed by atoms with Crippen LogP contribution < -0.4 is 5.32 Å². The van der Waals surface area contributed by atoms with Crippen molar-refractivity contribution in [3.05, 3.63) is 64.0 Å². The van der Waals surface area contributed by atoms with Crippen LogP contribution >= 0.6 is 0 Å². The van der Waals surface area contributed by atoms with Gasteiger partial charge in [0, 0.05) is 31.7 Å². The lowest BCUT2D eigenvalue weighted by molar-refractivity contribution is -0.150. The average Bonchev–Trinajstić information content (AvgIpc) is 3.19. The summed E-state index contributed by atoms with van der Waals surface area (Å²) in [6, 6.07) is 8.29. The topological polar surface area (TPSA) is 84.9 Å². The number of hydrogen-bond acceptors (Lipinski definition) is 5. The molecule has 2 aromatic carbocycles. The number of hydrogen-bond donors (Lipinski definition) is 1. The predicted molar refractivity (Wildman–Crippen MR) is 145 cm³/mol. The Hall–Kier alpha value is -3.26. The Bertz CT molecular complexity index is 1300. The second kappa shape index (κ2) is 10.7.